The smallest absolute Gasteiger partial charge is 0.138 e. The van der Waals surface area contributed by atoms with Crippen LogP contribution in [0.15, 0.2) is 29.0 Å². The number of hydrogen-bond donors (Lipinski definition) is 1. The first kappa shape index (κ1) is 16.0. The van der Waals surface area contributed by atoms with Crippen LogP contribution in [0.5, 0.6) is 5.75 Å². The molecule has 0 saturated carbocycles. The Labute approximate surface area is 133 Å². The van der Waals surface area contributed by atoms with Crippen molar-refractivity contribution in [3.63, 3.8) is 0 Å². The van der Waals surface area contributed by atoms with Gasteiger partial charge in [-0.15, -0.1) is 0 Å². The van der Waals surface area contributed by atoms with E-state index in [1.54, 1.807) is 13.4 Å². The van der Waals surface area contributed by atoms with Crippen LogP contribution in [0.3, 0.4) is 0 Å². The van der Waals surface area contributed by atoms with Crippen LogP contribution in [0, 0.1) is 0 Å². The molecule has 0 aliphatic heterocycles. The summed E-state index contributed by atoms with van der Waals surface area (Å²) >= 11 is 3.63. The Morgan fingerprint density at radius 3 is 2.86 bits per heavy atom. The Hall–Kier alpha value is -1.40. The van der Waals surface area contributed by atoms with Gasteiger partial charge in [0.1, 0.15) is 17.9 Å². The first-order valence-electron chi connectivity index (χ1n) is 7.13. The largest absolute Gasteiger partial charge is 0.497 e. The van der Waals surface area contributed by atoms with E-state index in [-0.39, 0.29) is 6.04 Å². The second-order valence-corrected chi connectivity index (χ2v) is 5.55. The zero-order valence-electron chi connectivity index (χ0n) is 12.6. The van der Waals surface area contributed by atoms with Crippen LogP contribution in [0.2, 0.25) is 0 Å². The van der Waals surface area contributed by atoms with Gasteiger partial charge in [-0.2, -0.15) is 5.10 Å². The van der Waals surface area contributed by atoms with Crippen molar-refractivity contribution in [2.24, 2.45) is 0 Å². The van der Waals surface area contributed by atoms with Crippen LogP contribution in [0.1, 0.15) is 31.3 Å². The number of methoxy groups -OCH3 is 1. The molecule has 0 radical (unpaired) electrons. The maximum absolute atomic E-state index is 5.34. The predicted octanol–water partition coefficient (Wildman–Crippen LogP) is 2.96. The third-order valence-corrected chi connectivity index (χ3v) is 4.13. The Balaban J connectivity index is 2.30. The fraction of sp³-hybridized carbons (Fsp3) is 0.467. The van der Waals surface area contributed by atoms with Crippen molar-refractivity contribution in [3.05, 3.63) is 40.4 Å². The van der Waals surface area contributed by atoms with Crippen LogP contribution in [-0.2, 0) is 13.0 Å². The molecule has 1 aromatic carbocycles. The Morgan fingerprint density at radius 2 is 2.19 bits per heavy atom. The van der Waals surface area contributed by atoms with Gasteiger partial charge < -0.3 is 10.1 Å². The van der Waals surface area contributed by atoms with Crippen LogP contribution in [-0.4, -0.2) is 28.4 Å². The third kappa shape index (κ3) is 3.83. The molecule has 0 amide bonds. The van der Waals surface area contributed by atoms with Crippen molar-refractivity contribution >= 4 is 15.9 Å². The number of ether oxygens (including phenoxy) is 1. The highest BCUT2D eigenvalue weighted by Gasteiger charge is 2.18. The topological polar surface area (TPSA) is 52.0 Å². The predicted molar refractivity (Wildman–Crippen MR) is 86.5 cm³/mol. The van der Waals surface area contributed by atoms with Crippen LogP contribution in [0.4, 0.5) is 0 Å². The van der Waals surface area contributed by atoms with Gasteiger partial charge in [0.2, 0.25) is 0 Å². The van der Waals surface area contributed by atoms with Crippen LogP contribution in [0.25, 0.3) is 0 Å². The summed E-state index contributed by atoms with van der Waals surface area (Å²) in [5.74, 6) is 1.84. The zero-order valence-corrected chi connectivity index (χ0v) is 14.2. The van der Waals surface area contributed by atoms with E-state index in [0.717, 1.165) is 35.6 Å². The summed E-state index contributed by atoms with van der Waals surface area (Å²) in [5, 5.41) is 7.75. The van der Waals surface area contributed by atoms with E-state index in [1.807, 2.05) is 16.8 Å². The molecule has 5 nitrogen and oxygen atoms in total. The zero-order chi connectivity index (χ0) is 15.2. The Bertz CT molecular complexity index is 585. The quantitative estimate of drug-likeness (QED) is 0.832. The molecule has 21 heavy (non-hydrogen) atoms. The van der Waals surface area contributed by atoms with E-state index >= 15 is 0 Å². The lowest BCUT2D eigenvalue weighted by atomic mass is 10.0. The highest BCUT2D eigenvalue weighted by atomic mass is 79.9. The van der Waals surface area contributed by atoms with Crippen LogP contribution >= 0.6 is 15.9 Å². The molecule has 0 fully saturated rings. The minimum absolute atomic E-state index is 0.161. The van der Waals surface area contributed by atoms with Crippen molar-refractivity contribution in [3.8, 4) is 5.75 Å². The molecule has 1 unspecified atom stereocenters. The van der Waals surface area contributed by atoms with Crippen molar-refractivity contribution in [2.45, 2.75) is 32.9 Å². The normalized spacial score (nSPS) is 12.4. The van der Waals surface area contributed by atoms with Gasteiger partial charge in [-0.1, -0.05) is 22.9 Å². The Kier molecular flexibility index (Phi) is 5.76. The van der Waals surface area contributed by atoms with E-state index in [2.05, 4.69) is 51.2 Å². The molecule has 114 valence electrons. The molecule has 2 rings (SSSR count). The molecule has 6 heteroatoms. The number of aromatic nitrogens is 3. The summed E-state index contributed by atoms with van der Waals surface area (Å²) in [6.07, 6.45) is 2.40. The number of rotatable bonds is 7. The first-order chi connectivity index (χ1) is 10.2. The molecule has 0 aliphatic carbocycles. The molecule has 1 atom stereocenters. The van der Waals surface area contributed by atoms with Crippen molar-refractivity contribution in [1.29, 1.82) is 0 Å². The van der Waals surface area contributed by atoms with Gasteiger partial charge in [0, 0.05) is 23.5 Å². The minimum atomic E-state index is 0.161. The highest BCUT2D eigenvalue weighted by molar-refractivity contribution is 9.10. The molecule has 1 N–H and O–H groups in total. The van der Waals surface area contributed by atoms with Crippen molar-refractivity contribution < 1.29 is 4.74 Å². The maximum Gasteiger partial charge on any atom is 0.138 e. The van der Waals surface area contributed by atoms with Crippen molar-refractivity contribution in [2.75, 3.05) is 13.7 Å². The van der Waals surface area contributed by atoms with Gasteiger partial charge in [0.05, 0.1) is 7.11 Å². The summed E-state index contributed by atoms with van der Waals surface area (Å²) in [4.78, 5) is 4.37. The van der Waals surface area contributed by atoms with Crippen LogP contribution < -0.4 is 10.1 Å². The first-order valence-corrected chi connectivity index (χ1v) is 7.92. The van der Waals surface area contributed by atoms with Gasteiger partial charge in [0.25, 0.3) is 0 Å². The van der Waals surface area contributed by atoms with E-state index in [0.29, 0.717) is 0 Å². The number of nitrogens with one attached hydrogen (secondary N) is 1. The second kappa shape index (κ2) is 7.56. The lowest BCUT2D eigenvalue weighted by Crippen LogP contribution is -2.25. The average Bonchev–Trinajstić information content (AvgIpc) is 2.94. The SMILES string of the molecule is CCNC(Cc1ncnn1CC)c1cc(OC)ccc1Br. The summed E-state index contributed by atoms with van der Waals surface area (Å²) in [6, 6.07) is 6.19. The maximum atomic E-state index is 5.34. The number of aryl methyl sites for hydroxylation is 1. The van der Waals surface area contributed by atoms with Crippen molar-refractivity contribution in [1.82, 2.24) is 20.1 Å². The number of nitrogens with zero attached hydrogens (tertiary/aromatic N) is 3. The standard InChI is InChI=1S/C15H21BrN4O/c1-4-17-14(9-15-18-10-19-20(15)5-2)12-8-11(21-3)6-7-13(12)16/h6-8,10,14,17H,4-5,9H2,1-3H3. The number of hydrogen-bond acceptors (Lipinski definition) is 4. The molecule has 2 aromatic rings. The third-order valence-electron chi connectivity index (χ3n) is 3.41. The fourth-order valence-electron chi connectivity index (χ4n) is 2.35. The lowest BCUT2D eigenvalue weighted by molar-refractivity contribution is 0.412. The molecular formula is C15H21BrN4O. The monoisotopic (exact) mass is 352 g/mol. The van der Waals surface area contributed by atoms with E-state index < -0.39 is 0 Å². The molecular weight excluding hydrogens is 332 g/mol. The second-order valence-electron chi connectivity index (χ2n) is 4.69. The lowest BCUT2D eigenvalue weighted by Gasteiger charge is -2.20. The van der Waals surface area contributed by atoms with E-state index in [9.17, 15) is 0 Å². The summed E-state index contributed by atoms with van der Waals surface area (Å²) in [6.45, 7) is 5.88. The molecule has 0 spiro atoms. The number of benzene rings is 1. The molecule has 0 aliphatic rings. The minimum Gasteiger partial charge on any atom is -0.497 e. The molecule has 0 saturated heterocycles. The highest BCUT2D eigenvalue weighted by Crippen LogP contribution is 2.29. The van der Waals surface area contributed by atoms with Gasteiger partial charge in [-0.05, 0) is 37.2 Å². The van der Waals surface area contributed by atoms with Gasteiger partial charge >= 0.3 is 0 Å². The van der Waals surface area contributed by atoms with Gasteiger partial charge in [0.15, 0.2) is 0 Å². The Morgan fingerprint density at radius 1 is 1.38 bits per heavy atom. The molecule has 0 bridgehead atoms. The van der Waals surface area contributed by atoms with Gasteiger partial charge in [-0.3, -0.25) is 4.68 Å². The number of halogens is 1. The number of likely N-dealkylation sites (N-methyl/N-ethyl adjacent to an activating group) is 1. The summed E-state index contributed by atoms with van der Waals surface area (Å²) in [5.41, 5.74) is 1.17. The summed E-state index contributed by atoms with van der Waals surface area (Å²) < 4.78 is 8.33. The van der Waals surface area contributed by atoms with E-state index in [4.69, 9.17) is 4.74 Å². The van der Waals surface area contributed by atoms with E-state index in [1.165, 1.54) is 5.56 Å². The average molecular weight is 353 g/mol. The molecule has 1 aromatic heterocycles. The fourth-order valence-corrected chi connectivity index (χ4v) is 2.87. The molecule has 1 heterocycles. The summed E-state index contributed by atoms with van der Waals surface area (Å²) in [7, 11) is 1.68. The van der Waals surface area contributed by atoms with Gasteiger partial charge in [-0.25, -0.2) is 4.98 Å².